The minimum absolute atomic E-state index is 0.0331. The monoisotopic (exact) mass is 275 g/mol. The molecule has 1 fully saturated rings. The highest BCUT2D eigenvalue weighted by Gasteiger charge is 2.17. The summed E-state index contributed by atoms with van der Waals surface area (Å²) in [6.45, 7) is 8.72. The Morgan fingerprint density at radius 2 is 1.85 bits per heavy atom. The third kappa shape index (κ3) is 3.73. The molecule has 0 atom stereocenters. The van der Waals surface area contributed by atoms with E-state index in [9.17, 15) is 4.79 Å². The van der Waals surface area contributed by atoms with Gasteiger partial charge >= 0.3 is 0 Å². The average Bonchev–Trinajstić information content (AvgIpc) is 2.46. The van der Waals surface area contributed by atoms with Crippen LogP contribution in [-0.2, 0) is 11.3 Å². The summed E-state index contributed by atoms with van der Waals surface area (Å²) in [5.74, 6) is 0.143. The summed E-state index contributed by atoms with van der Waals surface area (Å²) in [5.41, 5.74) is 2.45. The van der Waals surface area contributed by atoms with Crippen LogP contribution in [-0.4, -0.2) is 44.0 Å². The first-order valence-electron chi connectivity index (χ1n) is 7.37. The minimum Gasteiger partial charge on any atom is -0.369 e. The first-order valence-corrected chi connectivity index (χ1v) is 7.37. The molecule has 0 aliphatic carbocycles. The molecule has 0 bridgehead atoms. The Morgan fingerprint density at radius 3 is 2.50 bits per heavy atom. The van der Waals surface area contributed by atoms with Gasteiger partial charge in [0.05, 0.1) is 0 Å². The molecule has 0 radical (unpaired) electrons. The van der Waals surface area contributed by atoms with Crippen LogP contribution in [0.5, 0.6) is 0 Å². The number of rotatable bonds is 4. The maximum absolute atomic E-state index is 11.7. The number of hydrogen-bond donors (Lipinski definition) is 1. The molecule has 20 heavy (non-hydrogen) atoms. The van der Waals surface area contributed by atoms with Crippen molar-refractivity contribution in [2.45, 2.75) is 20.4 Å². The molecule has 2 rings (SSSR count). The van der Waals surface area contributed by atoms with Gasteiger partial charge in [-0.15, -0.1) is 0 Å². The van der Waals surface area contributed by atoms with Crippen LogP contribution in [0.3, 0.4) is 0 Å². The fourth-order valence-electron chi connectivity index (χ4n) is 2.40. The van der Waals surface area contributed by atoms with Crippen molar-refractivity contribution in [2.24, 2.45) is 5.92 Å². The predicted octanol–water partition coefficient (Wildman–Crippen LogP) is 1.71. The molecule has 1 N–H and O–H groups in total. The smallest absolute Gasteiger partial charge is 0.222 e. The highest BCUT2D eigenvalue weighted by atomic mass is 16.1. The van der Waals surface area contributed by atoms with Gasteiger partial charge < -0.3 is 15.1 Å². The van der Waals surface area contributed by atoms with E-state index in [2.05, 4.69) is 40.4 Å². The lowest BCUT2D eigenvalue weighted by atomic mass is 10.1. The Hall–Kier alpha value is -1.55. The Bertz CT molecular complexity index is 451. The third-order valence-corrected chi connectivity index (χ3v) is 3.81. The summed E-state index contributed by atoms with van der Waals surface area (Å²) in [7, 11) is 2.16. The lowest BCUT2D eigenvalue weighted by molar-refractivity contribution is -0.124. The van der Waals surface area contributed by atoms with Crippen LogP contribution >= 0.6 is 0 Å². The number of piperazine rings is 1. The molecule has 1 saturated heterocycles. The molecule has 1 aliphatic heterocycles. The number of nitrogens with one attached hydrogen (secondary N) is 1. The van der Waals surface area contributed by atoms with Crippen molar-refractivity contribution in [3.63, 3.8) is 0 Å². The van der Waals surface area contributed by atoms with Crippen LogP contribution in [0, 0.1) is 5.92 Å². The van der Waals surface area contributed by atoms with Crippen LogP contribution in [0.25, 0.3) is 0 Å². The molecule has 110 valence electrons. The highest BCUT2D eigenvalue weighted by Crippen LogP contribution is 2.21. The van der Waals surface area contributed by atoms with E-state index in [4.69, 9.17) is 0 Å². The molecule has 1 aromatic carbocycles. The maximum Gasteiger partial charge on any atom is 0.222 e. The van der Waals surface area contributed by atoms with Crippen molar-refractivity contribution in [2.75, 3.05) is 38.1 Å². The molecular formula is C16H25N3O. The van der Waals surface area contributed by atoms with E-state index < -0.39 is 0 Å². The molecule has 0 unspecified atom stereocenters. The normalized spacial score (nSPS) is 16.5. The molecule has 0 spiro atoms. The van der Waals surface area contributed by atoms with Crippen LogP contribution in [0.15, 0.2) is 24.3 Å². The minimum atomic E-state index is 0.0331. The molecule has 1 amide bonds. The number of para-hydroxylation sites is 1. The number of benzene rings is 1. The van der Waals surface area contributed by atoms with Crippen LogP contribution in [0.1, 0.15) is 19.4 Å². The van der Waals surface area contributed by atoms with Crippen molar-refractivity contribution in [1.29, 1.82) is 0 Å². The van der Waals surface area contributed by atoms with E-state index in [0.29, 0.717) is 6.54 Å². The zero-order valence-electron chi connectivity index (χ0n) is 12.7. The molecule has 0 aromatic heterocycles. The van der Waals surface area contributed by atoms with Gasteiger partial charge in [-0.2, -0.15) is 0 Å². The molecule has 0 saturated carbocycles. The quantitative estimate of drug-likeness (QED) is 0.908. The average molecular weight is 275 g/mol. The van der Waals surface area contributed by atoms with Crippen LogP contribution < -0.4 is 10.2 Å². The van der Waals surface area contributed by atoms with Gasteiger partial charge in [-0.3, -0.25) is 4.79 Å². The van der Waals surface area contributed by atoms with Gasteiger partial charge in [0.1, 0.15) is 0 Å². The topological polar surface area (TPSA) is 35.6 Å². The van der Waals surface area contributed by atoms with Crippen molar-refractivity contribution in [1.82, 2.24) is 10.2 Å². The van der Waals surface area contributed by atoms with Crippen LogP contribution in [0.4, 0.5) is 5.69 Å². The number of anilines is 1. The van der Waals surface area contributed by atoms with Gasteiger partial charge in [0.2, 0.25) is 5.91 Å². The van der Waals surface area contributed by atoms with Gasteiger partial charge in [-0.25, -0.2) is 0 Å². The zero-order chi connectivity index (χ0) is 14.5. The highest BCUT2D eigenvalue weighted by molar-refractivity contribution is 5.78. The fourth-order valence-corrected chi connectivity index (χ4v) is 2.40. The predicted molar refractivity (Wildman–Crippen MR) is 82.8 cm³/mol. The molecule has 1 aliphatic rings. The van der Waals surface area contributed by atoms with Crippen molar-refractivity contribution < 1.29 is 4.79 Å². The van der Waals surface area contributed by atoms with Gasteiger partial charge in [-0.1, -0.05) is 32.0 Å². The zero-order valence-corrected chi connectivity index (χ0v) is 12.7. The SMILES string of the molecule is CC(C)C(=O)NCc1ccccc1N1CCN(C)CC1. The first kappa shape index (κ1) is 14.9. The number of nitrogens with zero attached hydrogens (tertiary/aromatic N) is 2. The van der Waals surface area contributed by atoms with Crippen molar-refractivity contribution in [3.8, 4) is 0 Å². The second kappa shape index (κ2) is 6.75. The molecule has 4 heteroatoms. The fraction of sp³-hybridized carbons (Fsp3) is 0.562. The summed E-state index contributed by atoms with van der Waals surface area (Å²) in [6.07, 6.45) is 0. The van der Waals surface area contributed by atoms with Crippen molar-refractivity contribution in [3.05, 3.63) is 29.8 Å². The Labute approximate surface area is 121 Å². The molecule has 1 aromatic rings. The lowest BCUT2D eigenvalue weighted by Gasteiger charge is -2.35. The van der Waals surface area contributed by atoms with Gasteiger partial charge in [0.25, 0.3) is 0 Å². The number of carbonyl (C=O) groups is 1. The number of carbonyl (C=O) groups excluding carboxylic acids is 1. The van der Waals surface area contributed by atoms with E-state index in [1.165, 1.54) is 11.3 Å². The Kier molecular flexibility index (Phi) is 5.01. The van der Waals surface area contributed by atoms with Gasteiger partial charge in [-0.05, 0) is 18.7 Å². The first-order chi connectivity index (χ1) is 9.58. The third-order valence-electron chi connectivity index (χ3n) is 3.81. The standard InChI is InChI=1S/C16H25N3O/c1-13(2)16(20)17-12-14-6-4-5-7-15(14)19-10-8-18(3)9-11-19/h4-7,13H,8-12H2,1-3H3,(H,17,20). The largest absolute Gasteiger partial charge is 0.369 e. The Morgan fingerprint density at radius 1 is 1.20 bits per heavy atom. The van der Waals surface area contributed by atoms with E-state index in [1.54, 1.807) is 0 Å². The summed E-state index contributed by atoms with van der Waals surface area (Å²) in [6, 6.07) is 8.37. The Balaban J connectivity index is 2.04. The number of hydrogen-bond acceptors (Lipinski definition) is 3. The number of amides is 1. The molecule has 4 nitrogen and oxygen atoms in total. The second-order valence-electron chi connectivity index (χ2n) is 5.79. The lowest BCUT2D eigenvalue weighted by Crippen LogP contribution is -2.45. The molecule has 1 heterocycles. The molecular weight excluding hydrogens is 250 g/mol. The van der Waals surface area contributed by atoms with E-state index in [-0.39, 0.29) is 11.8 Å². The number of likely N-dealkylation sites (N-methyl/N-ethyl adjacent to an activating group) is 1. The van der Waals surface area contributed by atoms with Crippen LogP contribution in [0.2, 0.25) is 0 Å². The van der Waals surface area contributed by atoms with Crippen molar-refractivity contribution >= 4 is 11.6 Å². The summed E-state index contributed by atoms with van der Waals surface area (Å²) >= 11 is 0. The van der Waals surface area contributed by atoms with E-state index >= 15 is 0 Å². The van der Waals surface area contributed by atoms with Gasteiger partial charge in [0, 0.05) is 44.3 Å². The second-order valence-corrected chi connectivity index (χ2v) is 5.79. The van der Waals surface area contributed by atoms with E-state index in [1.807, 2.05) is 19.9 Å². The summed E-state index contributed by atoms with van der Waals surface area (Å²) in [4.78, 5) is 16.5. The summed E-state index contributed by atoms with van der Waals surface area (Å²) in [5, 5.41) is 3.01. The van der Waals surface area contributed by atoms with Gasteiger partial charge in [0.15, 0.2) is 0 Å². The summed E-state index contributed by atoms with van der Waals surface area (Å²) < 4.78 is 0. The van der Waals surface area contributed by atoms with E-state index in [0.717, 1.165) is 26.2 Å². The maximum atomic E-state index is 11.7.